The molecule has 1 amide bonds. The van der Waals surface area contributed by atoms with E-state index >= 15 is 0 Å². The lowest BCUT2D eigenvalue weighted by molar-refractivity contribution is -0.120. The Morgan fingerprint density at radius 1 is 1.12 bits per heavy atom. The number of rotatable bonds is 4. The molecule has 3 aromatic rings. The number of fused-ring (bicyclic) bond motifs is 1. The summed E-state index contributed by atoms with van der Waals surface area (Å²) in [6.07, 6.45) is 1.75. The second-order valence-electron chi connectivity index (χ2n) is 6.12. The Morgan fingerprint density at radius 2 is 1.92 bits per heavy atom. The van der Waals surface area contributed by atoms with Crippen molar-refractivity contribution in [2.45, 2.75) is 20.3 Å². The molecule has 126 valence electrons. The number of hydrazone groups is 1. The van der Waals surface area contributed by atoms with Gasteiger partial charge < -0.3 is 5.11 Å². The third kappa shape index (κ3) is 3.86. The Kier molecular flexibility index (Phi) is 4.80. The summed E-state index contributed by atoms with van der Waals surface area (Å²) >= 11 is 0. The van der Waals surface area contributed by atoms with E-state index in [-0.39, 0.29) is 18.1 Å². The van der Waals surface area contributed by atoms with Crippen LogP contribution < -0.4 is 5.43 Å². The van der Waals surface area contributed by atoms with Crippen LogP contribution in [0.1, 0.15) is 22.3 Å². The molecule has 0 saturated heterocycles. The number of carbonyl (C=O) groups excluding carboxylic acids is 1. The minimum atomic E-state index is -0.192. The van der Waals surface area contributed by atoms with Crippen LogP contribution in [-0.4, -0.2) is 17.2 Å². The van der Waals surface area contributed by atoms with Gasteiger partial charge in [-0.05, 0) is 41.8 Å². The van der Waals surface area contributed by atoms with E-state index in [1.54, 1.807) is 6.07 Å². The number of amides is 1. The highest BCUT2D eigenvalue weighted by Gasteiger charge is 2.07. The van der Waals surface area contributed by atoms with Crippen molar-refractivity contribution in [2.24, 2.45) is 5.10 Å². The Bertz CT molecular complexity index is 961. The number of phenolic OH excluding ortho intramolecular Hbond substituents is 1. The number of aryl methyl sites for hydroxylation is 2. The Labute approximate surface area is 146 Å². The third-order valence-corrected chi connectivity index (χ3v) is 4.18. The van der Waals surface area contributed by atoms with Crippen LogP contribution >= 0.6 is 0 Å². The van der Waals surface area contributed by atoms with Gasteiger partial charge in [0.15, 0.2) is 0 Å². The highest BCUT2D eigenvalue weighted by Crippen LogP contribution is 2.25. The van der Waals surface area contributed by atoms with Gasteiger partial charge in [-0.1, -0.05) is 54.1 Å². The maximum atomic E-state index is 12.1. The van der Waals surface area contributed by atoms with Crippen molar-refractivity contribution in [3.05, 3.63) is 76.9 Å². The van der Waals surface area contributed by atoms with Crippen LogP contribution in [0.4, 0.5) is 0 Å². The minimum Gasteiger partial charge on any atom is -0.507 e. The van der Waals surface area contributed by atoms with E-state index in [0.29, 0.717) is 5.56 Å². The summed E-state index contributed by atoms with van der Waals surface area (Å²) in [4.78, 5) is 12.1. The number of hydrogen-bond donors (Lipinski definition) is 2. The van der Waals surface area contributed by atoms with Gasteiger partial charge in [0, 0.05) is 5.56 Å². The van der Waals surface area contributed by atoms with Crippen LogP contribution in [0.5, 0.6) is 5.75 Å². The molecule has 0 aliphatic heterocycles. The van der Waals surface area contributed by atoms with Gasteiger partial charge in [0.2, 0.25) is 5.91 Å². The molecular weight excluding hydrogens is 312 g/mol. The molecule has 0 spiro atoms. The normalized spacial score (nSPS) is 11.1. The van der Waals surface area contributed by atoms with Crippen LogP contribution in [0.2, 0.25) is 0 Å². The number of nitrogens with one attached hydrogen (secondary N) is 1. The van der Waals surface area contributed by atoms with E-state index in [4.69, 9.17) is 0 Å². The van der Waals surface area contributed by atoms with E-state index in [1.807, 2.05) is 56.3 Å². The number of nitrogens with zero attached hydrogens (tertiary/aromatic N) is 1. The Hall–Kier alpha value is -3.14. The fourth-order valence-corrected chi connectivity index (χ4v) is 2.85. The molecular formula is C21H20N2O2. The summed E-state index contributed by atoms with van der Waals surface area (Å²) in [5.41, 5.74) is 6.36. The van der Waals surface area contributed by atoms with E-state index in [2.05, 4.69) is 16.6 Å². The first kappa shape index (κ1) is 16.7. The third-order valence-electron chi connectivity index (χ3n) is 4.18. The lowest BCUT2D eigenvalue weighted by Crippen LogP contribution is -2.20. The van der Waals surface area contributed by atoms with E-state index < -0.39 is 0 Å². The lowest BCUT2D eigenvalue weighted by Gasteiger charge is -2.06. The second kappa shape index (κ2) is 7.18. The number of aromatic hydroxyl groups is 1. The molecule has 0 saturated carbocycles. The quantitative estimate of drug-likeness (QED) is 0.563. The van der Waals surface area contributed by atoms with Crippen LogP contribution in [0.25, 0.3) is 10.8 Å². The first-order chi connectivity index (χ1) is 12.0. The van der Waals surface area contributed by atoms with E-state index in [1.165, 1.54) is 11.8 Å². The predicted octanol–water partition coefficient (Wildman–Crippen LogP) is 3.86. The Morgan fingerprint density at radius 3 is 2.72 bits per heavy atom. The maximum Gasteiger partial charge on any atom is 0.244 e. The molecule has 3 aromatic carbocycles. The summed E-state index contributed by atoms with van der Waals surface area (Å²) in [5, 5.41) is 16.0. The van der Waals surface area contributed by atoms with Gasteiger partial charge in [0.05, 0.1) is 12.6 Å². The van der Waals surface area contributed by atoms with Crippen molar-refractivity contribution >= 4 is 22.9 Å². The summed E-state index contributed by atoms with van der Waals surface area (Å²) in [5.74, 6) is -0.0611. The highest BCUT2D eigenvalue weighted by atomic mass is 16.3. The van der Waals surface area contributed by atoms with Crippen molar-refractivity contribution in [3.63, 3.8) is 0 Å². The molecule has 3 rings (SSSR count). The van der Waals surface area contributed by atoms with Crippen LogP contribution in [0, 0.1) is 13.8 Å². The van der Waals surface area contributed by atoms with Gasteiger partial charge in [0.1, 0.15) is 5.75 Å². The summed E-state index contributed by atoms with van der Waals surface area (Å²) in [6.45, 7) is 4.02. The molecule has 0 radical (unpaired) electrons. The van der Waals surface area contributed by atoms with E-state index in [0.717, 1.165) is 21.9 Å². The van der Waals surface area contributed by atoms with E-state index in [9.17, 15) is 9.90 Å². The summed E-state index contributed by atoms with van der Waals surface area (Å²) < 4.78 is 0. The van der Waals surface area contributed by atoms with Gasteiger partial charge in [-0.15, -0.1) is 0 Å². The molecule has 0 aliphatic carbocycles. The highest BCUT2D eigenvalue weighted by molar-refractivity contribution is 6.02. The van der Waals surface area contributed by atoms with Crippen LogP contribution in [-0.2, 0) is 11.2 Å². The largest absolute Gasteiger partial charge is 0.507 e. The number of phenols is 1. The summed E-state index contributed by atoms with van der Waals surface area (Å²) in [6, 6.07) is 17.2. The standard InChI is InChI=1S/C21H20N2O2/c1-14-7-8-17(15(2)11-14)12-21(25)23-22-13-19-18-6-4-3-5-16(18)9-10-20(19)24/h3-11,13,24H,12H2,1-2H3,(H,23,25)/b22-13+. The maximum absolute atomic E-state index is 12.1. The van der Waals surface area contributed by atoms with Crippen molar-refractivity contribution in [3.8, 4) is 5.75 Å². The molecule has 0 aromatic heterocycles. The molecule has 0 atom stereocenters. The zero-order chi connectivity index (χ0) is 17.8. The molecule has 0 unspecified atom stereocenters. The van der Waals surface area contributed by atoms with Gasteiger partial charge in [-0.2, -0.15) is 5.10 Å². The van der Waals surface area contributed by atoms with Crippen molar-refractivity contribution in [2.75, 3.05) is 0 Å². The zero-order valence-electron chi connectivity index (χ0n) is 14.3. The zero-order valence-corrected chi connectivity index (χ0v) is 14.3. The van der Waals surface area contributed by atoms with Crippen LogP contribution in [0.3, 0.4) is 0 Å². The van der Waals surface area contributed by atoms with Crippen LogP contribution in [0.15, 0.2) is 59.7 Å². The molecule has 2 N–H and O–H groups in total. The fraction of sp³-hybridized carbons (Fsp3) is 0.143. The summed E-state index contributed by atoms with van der Waals surface area (Å²) in [7, 11) is 0. The molecule has 25 heavy (non-hydrogen) atoms. The number of hydrogen-bond acceptors (Lipinski definition) is 3. The van der Waals surface area contributed by atoms with Gasteiger partial charge in [-0.3, -0.25) is 4.79 Å². The monoisotopic (exact) mass is 332 g/mol. The molecule has 0 heterocycles. The van der Waals surface area contributed by atoms with Gasteiger partial charge in [-0.25, -0.2) is 5.43 Å². The average Bonchev–Trinajstić information content (AvgIpc) is 2.59. The lowest BCUT2D eigenvalue weighted by atomic mass is 10.0. The minimum absolute atomic E-state index is 0.131. The predicted molar refractivity (Wildman–Crippen MR) is 101 cm³/mol. The van der Waals surface area contributed by atoms with Crippen molar-refractivity contribution in [1.82, 2.24) is 5.43 Å². The first-order valence-electron chi connectivity index (χ1n) is 8.13. The average molecular weight is 332 g/mol. The fourth-order valence-electron chi connectivity index (χ4n) is 2.85. The molecule has 4 nitrogen and oxygen atoms in total. The molecule has 0 fully saturated rings. The first-order valence-corrected chi connectivity index (χ1v) is 8.13. The molecule has 0 bridgehead atoms. The van der Waals surface area contributed by atoms with Gasteiger partial charge in [0.25, 0.3) is 0 Å². The Balaban J connectivity index is 1.73. The van der Waals surface area contributed by atoms with Gasteiger partial charge >= 0.3 is 0 Å². The topological polar surface area (TPSA) is 61.7 Å². The second-order valence-corrected chi connectivity index (χ2v) is 6.12. The molecule has 4 heteroatoms. The molecule has 0 aliphatic rings. The number of benzene rings is 3. The number of carbonyl (C=O) groups is 1. The van der Waals surface area contributed by atoms with Crippen molar-refractivity contribution < 1.29 is 9.90 Å². The SMILES string of the molecule is Cc1ccc(CC(=O)N/N=C/c2c(O)ccc3ccccc23)c(C)c1. The van der Waals surface area contributed by atoms with Crippen molar-refractivity contribution in [1.29, 1.82) is 0 Å². The smallest absolute Gasteiger partial charge is 0.244 e.